The number of carbonyl (C=O) groups excluding carboxylic acids is 1. The number of nitrogen functional groups attached to an aromatic ring is 1. The summed E-state index contributed by atoms with van der Waals surface area (Å²) >= 11 is 1.54. The van der Waals surface area contributed by atoms with Gasteiger partial charge >= 0.3 is 0 Å². The van der Waals surface area contributed by atoms with E-state index < -0.39 is 0 Å². The highest BCUT2D eigenvalue weighted by atomic mass is 32.1. The van der Waals surface area contributed by atoms with E-state index in [1.54, 1.807) is 11.3 Å². The quantitative estimate of drug-likeness (QED) is 0.762. The standard InChI is InChI=1S/C11H12N2OS/c1-2-13-11(14)9-6-15-10-5-7(12)3-4-8(9)10/h3-6H,2,12H2,1H3,(H,13,14). The van der Waals surface area contributed by atoms with E-state index >= 15 is 0 Å². The molecule has 2 aromatic rings. The van der Waals surface area contributed by atoms with E-state index in [0.29, 0.717) is 6.54 Å². The van der Waals surface area contributed by atoms with Crippen molar-refractivity contribution >= 4 is 33.0 Å². The maximum atomic E-state index is 11.7. The van der Waals surface area contributed by atoms with Crippen LogP contribution in [0.25, 0.3) is 10.1 Å². The molecule has 0 atom stereocenters. The summed E-state index contributed by atoms with van der Waals surface area (Å²) in [7, 11) is 0. The zero-order chi connectivity index (χ0) is 10.8. The number of hydrogen-bond donors (Lipinski definition) is 2. The summed E-state index contributed by atoms with van der Waals surface area (Å²) in [5.74, 6) is -0.0199. The molecule has 0 radical (unpaired) electrons. The zero-order valence-electron chi connectivity index (χ0n) is 8.41. The Morgan fingerprint density at radius 3 is 3.07 bits per heavy atom. The molecule has 78 valence electrons. The van der Waals surface area contributed by atoms with Gasteiger partial charge in [-0.2, -0.15) is 0 Å². The largest absolute Gasteiger partial charge is 0.399 e. The Labute approximate surface area is 91.9 Å². The summed E-state index contributed by atoms with van der Waals surface area (Å²) < 4.78 is 1.05. The van der Waals surface area contributed by atoms with Gasteiger partial charge in [-0.15, -0.1) is 11.3 Å². The van der Waals surface area contributed by atoms with Gasteiger partial charge in [0, 0.05) is 27.7 Å². The predicted octanol–water partition coefficient (Wildman–Crippen LogP) is 2.23. The Hall–Kier alpha value is -1.55. The lowest BCUT2D eigenvalue weighted by Crippen LogP contribution is -2.22. The van der Waals surface area contributed by atoms with Crippen LogP contribution in [0.5, 0.6) is 0 Å². The first-order chi connectivity index (χ1) is 7.22. The Balaban J connectivity index is 2.49. The van der Waals surface area contributed by atoms with Crippen molar-refractivity contribution in [3.8, 4) is 0 Å². The average molecular weight is 220 g/mol. The molecule has 15 heavy (non-hydrogen) atoms. The number of benzene rings is 1. The summed E-state index contributed by atoms with van der Waals surface area (Å²) in [6, 6.07) is 5.60. The van der Waals surface area contributed by atoms with Gasteiger partial charge in [-0.05, 0) is 19.1 Å². The molecule has 0 saturated heterocycles. The number of fused-ring (bicyclic) bond motifs is 1. The van der Waals surface area contributed by atoms with Crippen LogP contribution in [0, 0.1) is 0 Å². The monoisotopic (exact) mass is 220 g/mol. The van der Waals surface area contributed by atoms with Crippen LogP contribution in [-0.4, -0.2) is 12.5 Å². The molecule has 0 aliphatic carbocycles. The van der Waals surface area contributed by atoms with Gasteiger partial charge in [-0.3, -0.25) is 4.79 Å². The summed E-state index contributed by atoms with van der Waals surface area (Å²) in [6.07, 6.45) is 0. The molecule has 0 spiro atoms. The molecule has 0 fully saturated rings. The molecule has 3 nitrogen and oxygen atoms in total. The van der Waals surface area contributed by atoms with Crippen LogP contribution in [0.2, 0.25) is 0 Å². The third kappa shape index (κ3) is 1.80. The van der Waals surface area contributed by atoms with E-state index in [4.69, 9.17) is 5.73 Å². The number of amides is 1. The van der Waals surface area contributed by atoms with Crippen molar-refractivity contribution in [1.82, 2.24) is 5.32 Å². The lowest BCUT2D eigenvalue weighted by molar-refractivity contribution is 0.0958. The molecular formula is C11H12N2OS. The van der Waals surface area contributed by atoms with Crippen molar-refractivity contribution in [2.75, 3.05) is 12.3 Å². The van der Waals surface area contributed by atoms with Crippen molar-refractivity contribution in [3.05, 3.63) is 29.1 Å². The summed E-state index contributed by atoms with van der Waals surface area (Å²) in [4.78, 5) is 11.7. The van der Waals surface area contributed by atoms with Crippen LogP contribution in [-0.2, 0) is 0 Å². The minimum atomic E-state index is -0.0199. The van der Waals surface area contributed by atoms with Gasteiger partial charge in [0.15, 0.2) is 0 Å². The van der Waals surface area contributed by atoms with Gasteiger partial charge in [-0.1, -0.05) is 6.07 Å². The molecule has 2 rings (SSSR count). The second-order valence-electron chi connectivity index (χ2n) is 3.26. The van der Waals surface area contributed by atoms with E-state index in [9.17, 15) is 4.79 Å². The van der Waals surface area contributed by atoms with Crippen LogP contribution >= 0.6 is 11.3 Å². The van der Waals surface area contributed by atoms with E-state index in [1.807, 2.05) is 30.5 Å². The highest BCUT2D eigenvalue weighted by Gasteiger charge is 2.10. The van der Waals surface area contributed by atoms with E-state index in [0.717, 1.165) is 21.3 Å². The molecule has 1 amide bonds. The fourth-order valence-corrected chi connectivity index (χ4v) is 2.46. The van der Waals surface area contributed by atoms with Crippen LogP contribution in [0.15, 0.2) is 23.6 Å². The number of nitrogens with two attached hydrogens (primary N) is 1. The SMILES string of the molecule is CCNC(=O)c1csc2cc(N)ccc12. The van der Waals surface area contributed by atoms with Crippen LogP contribution in [0.3, 0.4) is 0 Å². The number of rotatable bonds is 2. The molecule has 0 unspecified atom stereocenters. The number of thiophene rings is 1. The Morgan fingerprint density at radius 2 is 2.33 bits per heavy atom. The second-order valence-corrected chi connectivity index (χ2v) is 4.18. The fourth-order valence-electron chi connectivity index (χ4n) is 1.48. The van der Waals surface area contributed by atoms with E-state index in [1.165, 1.54) is 0 Å². The van der Waals surface area contributed by atoms with Crippen LogP contribution < -0.4 is 11.1 Å². The molecule has 0 aliphatic heterocycles. The van der Waals surface area contributed by atoms with Gasteiger partial charge in [0.1, 0.15) is 0 Å². The second kappa shape index (κ2) is 3.90. The molecular weight excluding hydrogens is 208 g/mol. The minimum absolute atomic E-state index is 0.0199. The van der Waals surface area contributed by atoms with Gasteiger partial charge in [-0.25, -0.2) is 0 Å². The molecule has 0 saturated carbocycles. The first-order valence-corrected chi connectivity index (χ1v) is 5.65. The van der Waals surface area contributed by atoms with Crippen molar-refractivity contribution < 1.29 is 4.79 Å². The number of carbonyl (C=O) groups is 1. The lowest BCUT2D eigenvalue weighted by Gasteiger charge is -2.00. The summed E-state index contributed by atoms with van der Waals surface area (Å²) in [5, 5.41) is 5.63. The average Bonchev–Trinajstić information content (AvgIpc) is 2.60. The van der Waals surface area contributed by atoms with Crippen LogP contribution in [0.4, 0.5) is 5.69 Å². The first-order valence-electron chi connectivity index (χ1n) is 4.77. The summed E-state index contributed by atoms with van der Waals surface area (Å²) in [6.45, 7) is 2.55. The minimum Gasteiger partial charge on any atom is -0.399 e. The Morgan fingerprint density at radius 1 is 1.53 bits per heavy atom. The molecule has 3 N–H and O–H groups in total. The molecule has 1 heterocycles. The van der Waals surface area contributed by atoms with Crippen molar-refractivity contribution in [2.24, 2.45) is 0 Å². The molecule has 1 aromatic carbocycles. The zero-order valence-corrected chi connectivity index (χ0v) is 9.23. The normalized spacial score (nSPS) is 10.5. The van der Waals surface area contributed by atoms with Gasteiger partial charge in [0.25, 0.3) is 5.91 Å². The van der Waals surface area contributed by atoms with Gasteiger partial charge in [0.05, 0.1) is 5.56 Å². The highest BCUT2D eigenvalue weighted by Crippen LogP contribution is 2.27. The van der Waals surface area contributed by atoms with Gasteiger partial charge < -0.3 is 11.1 Å². The van der Waals surface area contributed by atoms with E-state index in [2.05, 4.69) is 5.32 Å². The number of nitrogens with one attached hydrogen (secondary N) is 1. The third-order valence-electron chi connectivity index (χ3n) is 2.18. The highest BCUT2D eigenvalue weighted by molar-refractivity contribution is 7.17. The van der Waals surface area contributed by atoms with Crippen molar-refractivity contribution in [3.63, 3.8) is 0 Å². The number of hydrogen-bond acceptors (Lipinski definition) is 3. The molecule has 0 aliphatic rings. The Bertz CT molecular complexity index is 504. The lowest BCUT2D eigenvalue weighted by atomic mass is 10.1. The Kier molecular flexibility index (Phi) is 2.60. The smallest absolute Gasteiger partial charge is 0.252 e. The van der Waals surface area contributed by atoms with Crippen molar-refractivity contribution in [1.29, 1.82) is 0 Å². The third-order valence-corrected chi connectivity index (χ3v) is 3.13. The topological polar surface area (TPSA) is 55.1 Å². The maximum Gasteiger partial charge on any atom is 0.252 e. The van der Waals surface area contributed by atoms with E-state index in [-0.39, 0.29) is 5.91 Å². The predicted molar refractivity (Wildman–Crippen MR) is 64.2 cm³/mol. The first kappa shape index (κ1) is 9.98. The van der Waals surface area contributed by atoms with Crippen LogP contribution in [0.1, 0.15) is 17.3 Å². The van der Waals surface area contributed by atoms with Gasteiger partial charge in [0.2, 0.25) is 0 Å². The molecule has 0 bridgehead atoms. The fraction of sp³-hybridized carbons (Fsp3) is 0.182. The molecule has 4 heteroatoms. The summed E-state index contributed by atoms with van der Waals surface area (Å²) in [5.41, 5.74) is 7.14. The van der Waals surface area contributed by atoms with Crippen molar-refractivity contribution in [2.45, 2.75) is 6.92 Å². The molecule has 1 aromatic heterocycles. The maximum absolute atomic E-state index is 11.7. The number of anilines is 1.